The minimum Gasteiger partial charge on any atom is -0.497 e. The number of rotatable bonds is 5. The Labute approximate surface area is 170 Å². The number of benzene rings is 1. The second-order valence-corrected chi connectivity index (χ2v) is 7.88. The van der Waals surface area contributed by atoms with Crippen molar-refractivity contribution in [1.29, 1.82) is 0 Å². The minimum atomic E-state index is -0.331. The molecule has 0 spiro atoms. The predicted molar refractivity (Wildman–Crippen MR) is 112 cm³/mol. The largest absolute Gasteiger partial charge is 0.497 e. The lowest BCUT2D eigenvalue weighted by Crippen LogP contribution is -2.31. The van der Waals surface area contributed by atoms with Crippen LogP contribution in [0, 0.1) is 0 Å². The fourth-order valence-corrected chi connectivity index (χ4v) is 4.26. The van der Waals surface area contributed by atoms with Gasteiger partial charge in [-0.3, -0.25) is 4.79 Å². The van der Waals surface area contributed by atoms with E-state index in [-0.39, 0.29) is 11.9 Å². The van der Waals surface area contributed by atoms with Crippen LogP contribution >= 0.6 is 23.1 Å². The molecule has 3 aromatic rings. The van der Waals surface area contributed by atoms with Crippen molar-refractivity contribution in [1.82, 2.24) is 14.8 Å². The van der Waals surface area contributed by atoms with Crippen LogP contribution in [0.4, 0.5) is 11.6 Å². The highest BCUT2D eigenvalue weighted by atomic mass is 32.2. The molecule has 0 saturated carbocycles. The van der Waals surface area contributed by atoms with E-state index in [1.54, 1.807) is 23.1 Å². The van der Waals surface area contributed by atoms with E-state index >= 15 is 0 Å². The first-order valence-electron chi connectivity index (χ1n) is 8.58. The molecular weight excluding hydrogens is 394 g/mol. The molecule has 2 aromatic heterocycles. The quantitative estimate of drug-likeness (QED) is 0.616. The molecule has 1 aliphatic rings. The van der Waals surface area contributed by atoms with Gasteiger partial charge in [-0.15, -0.1) is 16.4 Å². The molecular formula is C19H19N5O2S2. The summed E-state index contributed by atoms with van der Waals surface area (Å²) < 4.78 is 6.96. The molecule has 9 heteroatoms. The second-order valence-electron chi connectivity index (χ2n) is 6.13. The van der Waals surface area contributed by atoms with E-state index in [0.717, 1.165) is 16.3 Å². The van der Waals surface area contributed by atoms with E-state index in [2.05, 4.69) is 20.7 Å². The van der Waals surface area contributed by atoms with E-state index in [0.29, 0.717) is 22.4 Å². The molecule has 0 saturated heterocycles. The number of hydrogen-bond donors (Lipinski definition) is 2. The Morgan fingerprint density at radius 3 is 2.75 bits per heavy atom. The van der Waals surface area contributed by atoms with Gasteiger partial charge in [0.2, 0.25) is 11.1 Å². The maximum absolute atomic E-state index is 13.2. The predicted octanol–water partition coefficient (Wildman–Crippen LogP) is 4.00. The molecule has 4 rings (SSSR count). The summed E-state index contributed by atoms with van der Waals surface area (Å²) in [5.41, 5.74) is 2.07. The molecule has 1 aromatic carbocycles. The topological polar surface area (TPSA) is 81.1 Å². The molecule has 28 heavy (non-hydrogen) atoms. The molecule has 1 aliphatic heterocycles. The molecule has 0 bridgehead atoms. The van der Waals surface area contributed by atoms with Gasteiger partial charge in [-0.2, -0.15) is 4.98 Å². The molecule has 0 aliphatic carbocycles. The molecule has 0 radical (unpaired) electrons. The molecule has 2 N–H and O–H groups in total. The number of fused-ring (bicyclic) bond motifs is 1. The van der Waals surface area contributed by atoms with Gasteiger partial charge in [-0.1, -0.05) is 17.8 Å². The number of carbonyl (C=O) groups excluding carboxylic acids is 1. The molecule has 3 heterocycles. The van der Waals surface area contributed by atoms with Crippen molar-refractivity contribution in [2.75, 3.05) is 24.0 Å². The van der Waals surface area contributed by atoms with Crippen LogP contribution in [0.15, 0.2) is 58.2 Å². The Morgan fingerprint density at radius 1 is 1.32 bits per heavy atom. The third-order valence-corrected chi connectivity index (χ3v) is 5.88. The third kappa shape index (κ3) is 3.38. The number of amides is 1. The smallest absolute Gasteiger partial charge is 0.255 e. The molecule has 7 nitrogen and oxygen atoms in total. The number of hydrogen-bond acceptors (Lipinski definition) is 7. The van der Waals surface area contributed by atoms with E-state index in [1.807, 2.05) is 55.0 Å². The Kier molecular flexibility index (Phi) is 5.10. The lowest BCUT2D eigenvalue weighted by Gasteiger charge is -2.27. The molecule has 0 fully saturated rings. The number of aromatic nitrogens is 3. The van der Waals surface area contributed by atoms with Crippen LogP contribution in [-0.4, -0.2) is 34.0 Å². The van der Waals surface area contributed by atoms with Crippen molar-refractivity contribution in [2.24, 2.45) is 0 Å². The van der Waals surface area contributed by atoms with Gasteiger partial charge in [0.25, 0.3) is 5.91 Å². The normalized spacial score (nSPS) is 15.8. The number of thiophene rings is 1. The van der Waals surface area contributed by atoms with Crippen LogP contribution in [0.2, 0.25) is 0 Å². The summed E-state index contributed by atoms with van der Waals surface area (Å²) in [6.07, 6.45) is 1.93. The number of methoxy groups -OCH3 is 1. The second kappa shape index (κ2) is 7.69. The summed E-state index contributed by atoms with van der Waals surface area (Å²) in [5, 5.41) is 13.4. The monoisotopic (exact) mass is 413 g/mol. The molecule has 1 atom stereocenters. The Morgan fingerprint density at radius 2 is 2.11 bits per heavy atom. The molecule has 0 unspecified atom stereocenters. The first kappa shape index (κ1) is 18.6. The van der Waals surface area contributed by atoms with Crippen LogP contribution in [0.5, 0.6) is 5.75 Å². The Bertz CT molecular complexity index is 1030. The number of anilines is 2. The minimum absolute atomic E-state index is 0.180. The van der Waals surface area contributed by atoms with Crippen LogP contribution in [0.25, 0.3) is 0 Å². The van der Waals surface area contributed by atoms with Gasteiger partial charge >= 0.3 is 0 Å². The van der Waals surface area contributed by atoms with Crippen LogP contribution in [0.3, 0.4) is 0 Å². The first-order valence-corrected chi connectivity index (χ1v) is 10.7. The van der Waals surface area contributed by atoms with Gasteiger partial charge in [0.15, 0.2) is 0 Å². The highest BCUT2D eigenvalue weighted by Crippen LogP contribution is 2.38. The fraction of sp³-hybridized carbons (Fsp3) is 0.211. The van der Waals surface area contributed by atoms with E-state index in [1.165, 1.54) is 11.8 Å². The lowest BCUT2D eigenvalue weighted by atomic mass is 10.0. The van der Waals surface area contributed by atoms with Gasteiger partial charge in [0.05, 0.1) is 12.7 Å². The lowest BCUT2D eigenvalue weighted by molar-refractivity contribution is -0.113. The summed E-state index contributed by atoms with van der Waals surface area (Å²) in [6, 6.07) is 10.9. The maximum atomic E-state index is 13.2. The number of allylic oxidation sites excluding steroid dienone is 1. The van der Waals surface area contributed by atoms with E-state index < -0.39 is 0 Å². The van der Waals surface area contributed by atoms with Crippen molar-refractivity contribution >= 4 is 40.6 Å². The number of carbonyl (C=O) groups is 1. The SMILES string of the molecule is COc1ccc(NC(=O)C2=C(C)Nc3nc(SC)nn3[C@@H]2c2cccs2)cc1. The number of nitrogens with one attached hydrogen (secondary N) is 2. The zero-order valence-corrected chi connectivity index (χ0v) is 17.2. The summed E-state index contributed by atoms with van der Waals surface area (Å²) in [6.45, 7) is 1.89. The fourth-order valence-electron chi connectivity index (χ4n) is 3.09. The Balaban J connectivity index is 1.71. The van der Waals surface area contributed by atoms with Crippen molar-refractivity contribution in [2.45, 2.75) is 18.1 Å². The zero-order valence-electron chi connectivity index (χ0n) is 15.6. The number of ether oxygens (including phenoxy) is 1. The standard InChI is InChI=1S/C19H19N5O2S2/c1-11-15(17(25)21-12-6-8-13(26-2)9-7-12)16(14-5-4-10-28-14)24-18(20-11)22-19(23-24)27-3/h4-10,16H,1-3H3,(H,21,25)(H,20,22,23)/t16-/m1/s1. The van der Waals surface area contributed by atoms with Gasteiger partial charge in [0, 0.05) is 16.3 Å². The van der Waals surface area contributed by atoms with Crippen molar-refractivity contribution in [3.05, 3.63) is 57.9 Å². The Hall–Kier alpha value is -2.78. The van der Waals surface area contributed by atoms with Gasteiger partial charge < -0.3 is 15.4 Å². The number of nitrogens with zero attached hydrogens (tertiary/aromatic N) is 3. The van der Waals surface area contributed by atoms with E-state index in [4.69, 9.17) is 4.74 Å². The average Bonchev–Trinajstić information content (AvgIpc) is 3.37. The van der Waals surface area contributed by atoms with Crippen molar-refractivity contribution < 1.29 is 9.53 Å². The van der Waals surface area contributed by atoms with Gasteiger partial charge in [0.1, 0.15) is 11.8 Å². The summed E-state index contributed by atoms with van der Waals surface area (Å²) in [7, 11) is 1.61. The van der Waals surface area contributed by atoms with Crippen LogP contribution in [0.1, 0.15) is 17.8 Å². The summed E-state index contributed by atoms with van der Waals surface area (Å²) >= 11 is 3.06. The first-order chi connectivity index (χ1) is 13.6. The highest BCUT2D eigenvalue weighted by molar-refractivity contribution is 7.98. The van der Waals surface area contributed by atoms with Gasteiger partial charge in [-0.25, -0.2) is 4.68 Å². The molecule has 144 valence electrons. The van der Waals surface area contributed by atoms with Crippen molar-refractivity contribution in [3.8, 4) is 5.75 Å². The average molecular weight is 414 g/mol. The summed E-state index contributed by atoms with van der Waals surface area (Å²) in [4.78, 5) is 18.8. The maximum Gasteiger partial charge on any atom is 0.255 e. The third-order valence-electron chi connectivity index (χ3n) is 4.42. The number of thioether (sulfide) groups is 1. The highest BCUT2D eigenvalue weighted by Gasteiger charge is 2.34. The van der Waals surface area contributed by atoms with Crippen LogP contribution in [-0.2, 0) is 4.79 Å². The van der Waals surface area contributed by atoms with E-state index in [9.17, 15) is 4.79 Å². The van der Waals surface area contributed by atoms with Crippen LogP contribution < -0.4 is 15.4 Å². The zero-order chi connectivity index (χ0) is 19.7. The summed E-state index contributed by atoms with van der Waals surface area (Å²) in [5.74, 6) is 1.20. The molecule has 1 amide bonds. The van der Waals surface area contributed by atoms with Gasteiger partial charge in [-0.05, 0) is 48.9 Å². The van der Waals surface area contributed by atoms with Crippen molar-refractivity contribution in [3.63, 3.8) is 0 Å².